The van der Waals surface area contributed by atoms with Crippen molar-refractivity contribution in [2.45, 2.75) is 18.9 Å². The van der Waals surface area contributed by atoms with Crippen LogP contribution >= 0.6 is 12.6 Å². The van der Waals surface area contributed by atoms with E-state index < -0.39 is 48.9 Å². The molecule has 0 radical (unpaired) electrons. The van der Waals surface area contributed by atoms with Crippen molar-refractivity contribution in [3.63, 3.8) is 0 Å². The molecule has 0 bridgehead atoms. The van der Waals surface area contributed by atoms with Crippen LogP contribution in [0.2, 0.25) is 0 Å². The molecule has 0 aliphatic heterocycles. The van der Waals surface area contributed by atoms with Crippen LogP contribution in [0.5, 0.6) is 0 Å². The van der Waals surface area contributed by atoms with E-state index in [1.54, 1.807) is 0 Å². The molecule has 0 saturated heterocycles. The number of carbonyl (C=O) groups is 6. The molecule has 0 aliphatic rings. The van der Waals surface area contributed by atoms with Gasteiger partial charge in [0.2, 0.25) is 23.6 Å². The third kappa shape index (κ3) is 12.2. The summed E-state index contributed by atoms with van der Waals surface area (Å²) in [5.41, 5.74) is 0. The molecule has 0 fully saturated rings. The number of carboxylic acids is 1. The van der Waals surface area contributed by atoms with Gasteiger partial charge in [0.1, 0.15) is 6.61 Å². The fourth-order valence-electron chi connectivity index (χ4n) is 1.49. The molecule has 0 aliphatic carbocycles. The first kappa shape index (κ1) is 24.2. The lowest BCUT2D eigenvalue weighted by molar-refractivity contribution is -0.151. The van der Waals surface area contributed by atoms with Crippen LogP contribution in [0.25, 0.3) is 0 Å². The van der Waals surface area contributed by atoms with Crippen molar-refractivity contribution in [3.05, 3.63) is 0 Å². The van der Waals surface area contributed by atoms with E-state index >= 15 is 0 Å². The Morgan fingerprint density at radius 1 is 0.926 bits per heavy atom. The molecule has 0 aromatic heterocycles. The average molecular weight is 406 g/mol. The number of esters is 1. The first-order valence-electron chi connectivity index (χ1n) is 7.72. The number of thiol groups is 1. The van der Waals surface area contributed by atoms with Gasteiger partial charge in [-0.2, -0.15) is 12.6 Å². The molecule has 13 heteroatoms. The van der Waals surface area contributed by atoms with Crippen molar-refractivity contribution in [1.29, 1.82) is 0 Å². The van der Waals surface area contributed by atoms with Gasteiger partial charge < -0.3 is 31.1 Å². The van der Waals surface area contributed by atoms with Gasteiger partial charge in [-0.3, -0.25) is 24.0 Å². The summed E-state index contributed by atoms with van der Waals surface area (Å²) < 4.78 is 4.71. The number of nitrogens with one attached hydrogen (secondary N) is 4. The molecule has 0 rings (SSSR count). The molecule has 0 aromatic rings. The highest BCUT2D eigenvalue weighted by molar-refractivity contribution is 7.81. The Balaban J connectivity index is 4.25. The molecule has 152 valence electrons. The fraction of sp³-hybridized carbons (Fsp3) is 0.571. The molecule has 5 N–H and O–H groups in total. The van der Waals surface area contributed by atoms with Crippen LogP contribution in [-0.4, -0.2) is 79.2 Å². The van der Waals surface area contributed by atoms with Crippen LogP contribution in [0, 0.1) is 0 Å². The molecule has 0 saturated carbocycles. The highest BCUT2D eigenvalue weighted by atomic mass is 32.1. The van der Waals surface area contributed by atoms with Crippen LogP contribution in [0.3, 0.4) is 0 Å². The lowest BCUT2D eigenvalue weighted by Crippen LogP contribution is -2.49. The normalized spacial score (nSPS) is 10.9. The number of ether oxygens (including phenoxy) is 1. The second kappa shape index (κ2) is 13.4. The number of hydrogen-bond donors (Lipinski definition) is 6. The summed E-state index contributed by atoms with van der Waals surface area (Å²) in [4.78, 5) is 67.5. The van der Waals surface area contributed by atoms with Gasteiger partial charge in [0.05, 0.1) is 25.3 Å². The van der Waals surface area contributed by atoms with Crippen LogP contribution in [0.4, 0.5) is 0 Å². The van der Waals surface area contributed by atoms with Gasteiger partial charge in [0, 0.05) is 13.5 Å². The third-order valence-corrected chi connectivity index (χ3v) is 3.20. The second-order valence-electron chi connectivity index (χ2n) is 5.03. The van der Waals surface area contributed by atoms with E-state index in [-0.39, 0.29) is 31.0 Å². The van der Waals surface area contributed by atoms with E-state index in [2.05, 4.69) is 33.9 Å². The van der Waals surface area contributed by atoms with Crippen molar-refractivity contribution >= 4 is 48.2 Å². The minimum absolute atomic E-state index is 0.101. The summed E-state index contributed by atoms with van der Waals surface area (Å²) in [5.74, 6) is -4.69. The highest BCUT2D eigenvalue weighted by Crippen LogP contribution is 1.95. The molecule has 12 nitrogen and oxygen atoms in total. The van der Waals surface area contributed by atoms with Crippen molar-refractivity contribution in [2.24, 2.45) is 0 Å². The Hall–Kier alpha value is -2.83. The molecular formula is C14H22N4O8S. The van der Waals surface area contributed by atoms with E-state index in [0.29, 0.717) is 0 Å². The Morgan fingerprint density at radius 2 is 1.52 bits per heavy atom. The van der Waals surface area contributed by atoms with Crippen LogP contribution in [0.1, 0.15) is 12.8 Å². The number of hydrogen-bond acceptors (Lipinski definition) is 8. The minimum atomic E-state index is -1.53. The Morgan fingerprint density at radius 3 is 2.07 bits per heavy atom. The minimum Gasteiger partial charge on any atom is -0.480 e. The lowest BCUT2D eigenvalue weighted by atomic mass is 10.3. The molecule has 0 spiro atoms. The number of rotatable bonds is 12. The Labute approximate surface area is 160 Å². The number of carbonyl (C=O) groups excluding carboxylic acids is 5. The zero-order valence-electron chi connectivity index (χ0n) is 14.6. The Kier molecular flexibility index (Phi) is 12.0. The first-order valence-corrected chi connectivity index (χ1v) is 8.35. The fourth-order valence-corrected chi connectivity index (χ4v) is 1.60. The van der Waals surface area contributed by atoms with Crippen molar-refractivity contribution in [2.75, 3.05) is 32.5 Å². The van der Waals surface area contributed by atoms with Gasteiger partial charge in [0.25, 0.3) is 0 Å². The zero-order valence-corrected chi connectivity index (χ0v) is 15.5. The topological polar surface area (TPSA) is 180 Å². The summed E-state index contributed by atoms with van der Waals surface area (Å²) in [5, 5.41) is 17.8. The SMILES string of the molecule is CNC(=O)CCC(=O)OCC(NC(=O)CNC(=O)CNC(=O)CS)C(=O)O. The predicted molar refractivity (Wildman–Crippen MR) is 93.7 cm³/mol. The summed E-state index contributed by atoms with van der Waals surface area (Å²) in [7, 11) is 1.40. The number of aliphatic carboxylic acids is 1. The molecule has 27 heavy (non-hydrogen) atoms. The molecule has 0 aromatic carbocycles. The van der Waals surface area contributed by atoms with E-state index in [0.717, 1.165) is 0 Å². The monoisotopic (exact) mass is 406 g/mol. The number of amides is 4. The Bertz CT molecular complexity index is 583. The first-order chi connectivity index (χ1) is 12.7. The number of carboxylic acid groups (broad SMARTS) is 1. The maximum atomic E-state index is 11.7. The predicted octanol–water partition coefficient (Wildman–Crippen LogP) is -3.21. The highest BCUT2D eigenvalue weighted by Gasteiger charge is 2.22. The van der Waals surface area contributed by atoms with Crippen molar-refractivity contribution in [1.82, 2.24) is 21.3 Å². The lowest BCUT2D eigenvalue weighted by Gasteiger charge is -2.15. The quantitative estimate of drug-likeness (QED) is 0.145. The van der Waals surface area contributed by atoms with Crippen molar-refractivity contribution < 1.29 is 38.6 Å². The summed E-state index contributed by atoms with van der Waals surface area (Å²) >= 11 is 3.70. The molecule has 4 amide bonds. The maximum Gasteiger partial charge on any atom is 0.329 e. The van der Waals surface area contributed by atoms with Crippen molar-refractivity contribution in [3.8, 4) is 0 Å². The van der Waals surface area contributed by atoms with Crippen LogP contribution < -0.4 is 21.3 Å². The molecule has 1 atom stereocenters. The molecule has 0 heterocycles. The third-order valence-electron chi connectivity index (χ3n) is 2.92. The van der Waals surface area contributed by atoms with Gasteiger partial charge >= 0.3 is 11.9 Å². The zero-order chi connectivity index (χ0) is 20.8. The van der Waals surface area contributed by atoms with Gasteiger partial charge in [-0.1, -0.05) is 0 Å². The van der Waals surface area contributed by atoms with E-state index in [1.165, 1.54) is 7.05 Å². The van der Waals surface area contributed by atoms with E-state index in [1.807, 2.05) is 0 Å². The average Bonchev–Trinajstić information content (AvgIpc) is 2.65. The van der Waals surface area contributed by atoms with Gasteiger partial charge in [-0.15, -0.1) is 0 Å². The summed E-state index contributed by atoms with van der Waals surface area (Å²) in [6.07, 6.45) is -0.358. The van der Waals surface area contributed by atoms with Gasteiger partial charge in [0.15, 0.2) is 6.04 Å². The van der Waals surface area contributed by atoms with Crippen LogP contribution in [0.15, 0.2) is 0 Å². The standard InChI is InChI=1S/C14H22N4O8S/c1-15-9(19)2-3-13(23)26-6-8(14(24)25)18-11(21)5-16-10(20)4-17-12(22)7-27/h8,27H,2-7H2,1H3,(H,15,19)(H,16,20)(H,17,22)(H,18,21)(H,24,25). The van der Waals surface area contributed by atoms with E-state index in [4.69, 9.17) is 9.84 Å². The molecule has 1 unspecified atom stereocenters. The van der Waals surface area contributed by atoms with Gasteiger partial charge in [-0.25, -0.2) is 4.79 Å². The summed E-state index contributed by atoms with van der Waals surface area (Å²) in [6, 6.07) is -1.53. The summed E-state index contributed by atoms with van der Waals surface area (Å²) in [6.45, 7) is -1.54. The largest absolute Gasteiger partial charge is 0.480 e. The smallest absolute Gasteiger partial charge is 0.329 e. The molecular weight excluding hydrogens is 384 g/mol. The van der Waals surface area contributed by atoms with E-state index in [9.17, 15) is 28.8 Å². The van der Waals surface area contributed by atoms with Gasteiger partial charge in [-0.05, 0) is 0 Å². The second-order valence-corrected chi connectivity index (χ2v) is 5.34. The maximum absolute atomic E-state index is 11.7. The van der Waals surface area contributed by atoms with Crippen LogP contribution in [-0.2, 0) is 33.5 Å².